The topological polar surface area (TPSA) is 77.8 Å². The monoisotopic (exact) mass is 488 g/mol. The average molecular weight is 489 g/mol. The molecule has 35 heavy (non-hydrogen) atoms. The number of carbonyl (C=O) groups excluding carboxylic acids is 1. The van der Waals surface area contributed by atoms with Gasteiger partial charge in [-0.1, -0.05) is 42.1 Å². The Balaban J connectivity index is 1.36. The summed E-state index contributed by atoms with van der Waals surface area (Å²) in [6, 6.07) is 16.2. The lowest BCUT2D eigenvalue weighted by Gasteiger charge is -2.26. The van der Waals surface area contributed by atoms with Crippen molar-refractivity contribution in [2.24, 2.45) is 0 Å². The fraction of sp³-hybridized carbons (Fsp3) is 0.296. The molecule has 5 rings (SSSR count). The first-order valence-electron chi connectivity index (χ1n) is 11.6. The molecule has 8 heteroatoms. The zero-order chi connectivity index (χ0) is 24.4. The number of aromatic nitrogens is 3. The third-order valence-corrected chi connectivity index (χ3v) is 7.31. The van der Waals surface area contributed by atoms with Crippen molar-refractivity contribution in [1.82, 2.24) is 19.9 Å². The van der Waals surface area contributed by atoms with Crippen LogP contribution >= 0.6 is 11.8 Å². The average Bonchev–Trinajstić information content (AvgIpc) is 3.31. The minimum atomic E-state index is 0.0200. The van der Waals surface area contributed by atoms with Gasteiger partial charge in [0.2, 0.25) is 5.91 Å². The molecule has 180 valence electrons. The molecule has 4 aromatic rings. The molecule has 1 N–H and O–H groups in total. The Morgan fingerprint density at radius 3 is 2.80 bits per heavy atom. The van der Waals surface area contributed by atoms with Gasteiger partial charge in [-0.15, -0.1) is 0 Å². The second kappa shape index (κ2) is 10.00. The molecule has 2 aromatic carbocycles. The third kappa shape index (κ3) is 4.71. The van der Waals surface area contributed by atoms with Crippen molar-refractivity contribution in [1.29, 1.82) is 0 Å². The summed E-state index contributed by atoms with van der Waals surface area (Å²) < 4.78 is 12.6. The first-order chi connectivity index (χ1) is 17.1. The predicted molar refractivity (Wildman–Crippen MR) is 137 cm³/mol. The number of hydrogen-bond donors (Lipinski definition) is 1. The van der Waals surface area contributed by atoms with Crippen LogP contribution in [0.25, 0.3) is 16.8 Å². The normalized spacial score (nSPS) is 15.0. The molecule has 1 aliphatic carbocycles. The Kier molecular flexibility index (Phi) is 6.63. The SMILES string of the molecule is COc1ccc(-c2cnn3c(SCC(=O)N[C@H]4CCCc5ccccc54)cc(C)nc23)cc1OC. The van der Waals surface area contributed by atoms with Crippen molar-refractivity contribution in [3.05, 3.63) is 71.5 Å². The van der Waals surface area contributed by atoms with Crippen LogP contribution < -0.4 is 14.8 Å². The van der Waals surface area contributed by atoms with E-state index in [4.69, 9.17) is 14.5 Å². The minimum Gasteiger partial charge on any atom is -0.493 e. The molecule has 0 spiro atoms. The zero-order valence-corrected chi connectivity index (χ0v) is 20.9. The number of amides is 1. The molecular weight excluding hydrogens is 460 g/mol. The van der Waals surface area contributed by atoms with Crippen molar-refractivity contribution in [2.45, 2.75) is 37.3 Å². The number of rotatable bonds is 7. The summed E-state index contributed by atoms with van der Waals surface area (Å²) in [5.41, 5.74) is 6.00. The quantitative estimate of drug-likeness (QED) is 0.291. The number of nitrogens with one attached hydrogen (secondary N) is 1. The second-order valence-corrected chi connectivity index (χ2v) is 9.59. The van der Waals surface area contributed by atoms with E-state index in [0.717, 1.165) is 46.8 Å². The van der Waals surface area contributed by atoms with E-state index >= 15 is 0 Å². The van der Waals surface area contributed by atoms with Gasteiger partial charge in [-0.25, -0.2) is 9.50 Å². The van der Waals surface area contributed by atoms with Gasteiger partial charge < -0.3 is 14.8 Å². The maximum atomic E-state index is 12.9. The van der Waals surface area contributed by atoms with Gasteiger partial charge in [-0.3, -0.25) is 4.79 Å². The van der Waals surface area contributed by atoms with Crippen molar-refractivity contribution < 1.29 is 14.3 Å². The van der Waals surface area contributed by atoms with Gasteiger partial charge in [0.1, 0.15) is 5.03 Å². The molecule has 2 heterocycles. The maximum Gasteiger partial charge on any atom is 0.230 e. The second-order valence-electron chi connectivity index (χ2n) is 8.60. The molecule has 0 radical (unpaired) electrons. The predicted octanol–water partition coefficient (Wildman–Crippen LogP) is 5.01. The molecule has 0 unspecified atom stereocenters. The molecule has 0 saturated heterocycles. The van der Waals surface area contributed by atoms with E-state index in [1.807, 2.05) is 37.3 Å². The Hall–Kier alpha value is -3.52. The van der Waals surface area contributed by atoms with Crippen LogP contribution in [0.4, 0.5) is 0 Å². The van der Waals surface area contributed by atoms with Crippen LogP contribution in [0.1, 0.15) is 35.7 Å². The number of aryl methyl sites for hydroxylation is 2. The number of nitrogens with zero attached hydrogens (tertiary/aromatic N) is 3. The van der Waals surface area contributed by atoms with E-state index in [9.17, 15) is 4.79 Å². The van der Waals surface area contributed by atoms with Crippen molar-refractivity contribution >= 4 is 23.3 Å². The van der Waals surface area contributed by atoms with Crippen LogP contribution in [-0.4, -0.2) is 40.5 Å². The fourth-order valence-electron chi connectivity index (χ4n) is 4.64. The smallest absolute Gasteiger partial charge is 0.230 e. The standard InChI is InChI=1S/C27H28N4O3S/c1-17-13-26(35-16-25(32)30-22-10-6-8-18-7-4-5-9-20(18)22)31-27(29-17)21(15-28-31)19-11-12-23(33-2)24(14-19)34-3/h4-5,7,9,11-15,22H,6,8,10,16H2,1-3H3,(H,30,32)/t22-/m0/s1. The van der Waals surface area contributed by atoms with Gasteiger partial charge in [0.15, 0.2) is 17.1 Å². The van der Waals surface area contributed by atoms with Gasteiger partial charge >= 0.3 is 0 Å². The molecule has 1 atom stereocenters. The van der Waals surface area contributed by atoms with E-state index in [1.165, 1.54) is 22.9 Å². The van der Waals surface area contributed by atoms with Crippen molar-refractivity contribution in [3.8, 4) is 22.6 Å². The number of hydrogen-bond acceptors (Lipinski definition) is 6. The van der Waals surface area contributed by atoms with Gasteiger partial charge in [0.25, 0.3) is 0 Å². The highest BCUT2D eigenvalue weighted by Crippen LogP contribution is 2.35. The summed E-state index contributed by atoms with van der Waals surface area (Å²) in [5.74, 6) is 1.64. The Morgan fingerprint density at radius 2 is 1.97 bits per heavy atom. The van der Waals surface area contributed by atoms with E-state index in [2.05, 4.69) is 28.6 Å². The lowest BCUT2D eigenvalue weighted by molar-refractivity contribution is -0.119. The van der Waals surface area contributed by atoms with Gasteiger partial charge in [-0.2, -0.15) is 5.10 Å². The molecule has 1 amide bonds. The molecule has 0 bridgehead atoms. The molecule has 2 aromatic heterocycles. The van der Waals surface area contributed by atoms with Crippen LogP contribution in [0.5, 0.6) is 11.5 Å². The van der Waals surface area contributed by atoms with Gasteiger partial charge in [0.05, 0.1) is 32.2 Å². The largest absolute Gasteiger partial charge is 0.493 e. The minimum absolute atomic E-state index is 0.0200. The number of carbonyl (C=O) groups is 1. The van der Waals surface area contributed by atoms with Gasteiger partial charge in [0, 0.05) is 11.3 Å². The molecule has 1 aliphatic rings. The van der Waals surface area contributed by atoms with Crippen LogP contribution in [0.15, 0.2) is 59.8 Å². The number of benzene rings is 2. The number of fused-ring (bicyclic) bond motifs is 2. The fourth-order valence-corrected chi connectivity index (χ4v) is 5.51. The number of thioether (sulfide) groups is 1. The summed E-state index contributed by atoms with van der Waals surface area (Å²) in [6.07, 6.45) is 4.94. The van der Waals surface area contributed by atoms with E-state index < -0.39 is 0 Å². The zero-order valence-electron chi connectivity index (χ0n) is 20.1. The molecule has 7 nitrogen and oxygen atoms in total. The number of ether oxygens (including phenoxy) is 2. The van der Waals surface area contributed by atoms with Gasteiger partial charge in [-0.05, 0) is 61.1 Å². The lowest BCUT2D eigenvalue weighted by Crippen LogP contribution is -2.32. The van der Waals surface area contributed by atoms with E-state index in [1.54, 1.807) is 24.9 Å². The maximum absolute atomic E-state index is 12.9. The highest BCUT2D eigenvalue weighted by molar-refractivity contribution is 7.99. The molecule has 0 fully saturated rings. The molecule has 0 aliphatic heterocycles. The Labute approximate surface area is 208 Å². The highest BCUT2D eigenvalue weighted by atomic mass is 32.2. The van der Waals surface area contributed by atoms with E-state index in [0.29, 0.717) is 17.3 Å². The van der Waals surface area contributed by atoms with E-state index in [-0.39, 0.29) is 11.9 Å². The molecular formula is C27H28N4O3S. The summed E-state index contributed by atoms with van der Waals surface area (Å²) in [6.45, 7) is 1.95. The summed E-state index contributed by atoms with van der Waals surface area (Å²) in [5, 5.41) is 8.69. The van der Waals surface area contributed by atoms with Crippen LogP contribution in [-0.2, 0) is 11.2 Å². The summed E-state index contributed by atoms with van der Waals surface area (Å²) >= 11 is 1.47. The highest BCUT2D eigenvalue weighted by Gasteiger charge is 2.22. The first-order valence-corrected chi connectivity index (χ1v) is 12.6. The van der Waals surface area contributed by atoms with Crippen LogP contribution in [0, 0.1) is 6.92 Å². The van der Waals surface area contributed by atoms with Crippen LogP contribution in [0.3, 0.4) is 0 Å². The Morgan fingerprint density at radius 1 is 1.14 bits per heavy atom. The van der Waals surface area contributed by atoms with Crippen molar-refractivity contribution in [3.63, 3.8) is 0 Å². The molecule has 0 saturated carbocycles. The first kappa shape index (κ1) is 23.2. The van der Waals surface area contributed by atoms with Crippen molar-refractivity contribution in [2.75, 3.05) is 20.0 Å². The Bertz CT molecular complexity index is 1380. The lowest BCUT2D eigenvalue weighted by atomic mass is 9.88. The number of methoxy groups -OCH3 is 2. The summed E-state index contributed by atoms with van der Waals surface area (Å²) in [4.78, 5) is 17.6. The third-order valence-electron chi connectivity index (χ3n) is 6.32. The summed E-state index contributed by atoms with van der Waals surface area (Å²) in [7, 11) is 3.23. The van der Waals surface area contributed by atoms with Crippen LogP contribution in [0.2, 0.25) is 0 Å².